The molecule has 2 N–H and O–H groups in total. The molecule has 0 bridgehead atoms. The summed E-state index contributed by atoms with van der Waals surface area (Å²) in [6.07, 6.45) is 12.5. The molecule has 4 aromatic rings. The second kappa shape index (κ2) is 20.7. The Morgan fingerprint density at radius 1 is 0.435 bits per heavy atom. The lowest BCUT2D eigenvalue weighted by Crippen LogP contribution is -2.00. The third-order valence-corrected chi connectivity index (χ3v) is 7.89. The van der Waals surface area contributed by atoms with Gasteiger partial charge < -0.3 is 20.1 Å². The molecule has 0 aliphatic heterocycles. The van der Waals surface area contributed by atoms with Gasteiger partial charge in [-0.1, -0.05) is 89.5 Å². The van der Waals surface area contributed by atoms with Crippen LogP contribution in [-0.2, 0) is 13.1 Å². The molecule has 46 heavy (non-hydrogen) atoms. The van der Waals surface area contributed by atoms with Crippen LogP contribution in [-0.4, -0.2) is 13.2 Å². The fourth-order valence-corrected chi connectivity index (χ4v) is 5.01. The van der Waals surface area contributed by atoms with Gasteiger partial charge in [-0.25, -0.2) is 0 Å². The van der Waals surface area contributed by atoms with E-state index in [1.165, 1.54) is 62.5 Å². The van der Waals surface area contributed by atoms with E-state index < -0.39 is 0 Å². The highest BCUT2D eigenvalue weighted by atomic mass is 16.5. The zero-order valence-electron chi connectivity index (χ0n) is 27.8. The van der Waals surface area contributed by atoms with Crippen molar-refractivity contribution in [3.63, 3.8) is 0 Å². The monoisotopic (exact) mass is 620 g/mol. The van der Waals surface area contributed by atoms with Crippen molar-refractivity contribution in [2.75, 3.05) is 23.8 Å². The summed E-state index contributed by atoms with van der Waals surface area (Å²) in [6.45, 7) is 7.56. The maximum Gasteiger partial charge on any atom is 0.119 e. The molecule has 0 saturated carbocycles. The van der Waals surface area contributed by atoms with E-state index in [2.05, 4.69) is 83.2 Å². The Labute approximate surface area is 276 Å². The lowest BCUT2D eigenvalue weighted by molar-refractivity contribution is 0.304. The van der Waals surface area contributed by atoms with Crippen LogP contribution >= 0.6 is 0 Å². The molecule has 244 valence electrons. The zero-order valence-corrected chi connectivity index (χ0v) is 27.8. The first-order valence-corrected chi connectivity index (χ1v) is 17.2. The molecule has 0 aliphatic carbocycles. The predicted octanol–water partition coefficient (Wildman–Crippen LogP) is 12.0. The molecule has 0 unspecified atom stereocenters. The summed E-state index contributed by atoms with van der Waals surface area (Å²) in [6, 6.07) is 32.7. The summed E-state index contributed by atoms with van der Waals surface area (Å²) in [5, 5.41) is 15.8. The molecule has 0 atom stereocenters. The molecule has 6 heteroatoms. The van der Waals surface area contributed by atoms with Gasteiger partial charge in [0.1, 0.15) is 11.5 Å². The van der Waals surface area contributed by atoms with Crippen LogP contribution < -0.4 is 20.1 Å². The molecule has 0 saturated heterocycles. The van der Waals surface area contributed by atoms with Crippen LogP contribution in [0.3, 0.4) is 0 Å². The molecular weight excluding hydrogens is 568 g/mol. The van der Waals surface area contributed by atoms with Gasteiger partial charge in [-0.3, -0.25) is 0 Å². The lowest BCUT2D eigenvalue weighted by Gasteiger charge is -2.09. The molecule has 0 spiro atoms. The van der Waals surface area contributed by atoms with Crippen LogP contribution in [0.5, 0.6) is 11.5 Å². The van der Waals surface area contributed by atoms with Gasteiger partial charge in [-0.2, -0.15) is 10.2 Å². The van der Waals surface area contributed by atoms with Crippen molar-refractivity contribution in [1.29, 1.82) is 0 Å². The van der Waals surface area contributed by atoms with Crippen molar-refractivity contribution < 1.29 is 9.47 Å². The van der Waals surface area contributed by atoms with Crippen LogP contribution in [0.4, 0.5) is 22.7 Å². The number of rotatable bonds is 22. The summed E-state index contributed by atoms with van der Waals surface area (Å²) in [5.41, 5.74) is 6.14. The first-order valence-electron chi connectivity index (χ1n) is 17.2. The number of hydrogen-bond donors (Lipinski definition) is 2. The average molecular weight is 621 g/mol. The maximum absolute atomic E-state index is 5.88. The molecule has 6 nitrogen and oxygen atoms in total. The van der Waals surface area contributed by atoms with Crippen LogP contribution in [0.1, 0.15) is 89.2 Å². The first-order chi connectivity index (χ1) is 22.7. The number of azo groups is 1. The maximum atomic E-state index is 5.88. The Bertz CT molecular complexity index is 1280. The first kappa shape index (κ1) is 34.6. The Balaban J connectivity index is 1.13. The van der Waals surface area contributed by atoms with E-state index >= 15 is 0 Å². The van der Waals surface area contributed by atoms with Gasteiger partial charge >= 0.3 is 0 Å². The lowest BCUT2D eigenvalue weighted by atomic mass is 10.2. The SMILES string of the molecule is CCCCCCCOc1ccc(CNc2ccc(N=Nc3ccc(NCc4ccc(OCCCCCCC)cc4)cc3)cc2)cc1. The van der Waals surface area contributed by atoms with Crippen molar-refractivity contribution in [2.24, 2.45) is 10.2 Å². The molecule has 4 aromatic carbocycles. The van der Waals surface area contributed by atoms with Crippen LogP contribution in [0.25, 0.3) is 0 Å². The summed E-state index contributed by atoms with van der Waals surface area (Å²) >= 11 is 0. The number of unbranched alkanes of at least 4 members (excludes halogenated alkanes) is 8. The van der Waals surface area contributed by atoms with Gasteiger partial charge in [0.05, 0.1) is 24.6 Å². The number of benzene rings is 4. The summed E-state index contributed by atoms with van der Waals surface area (Å²) in [4.78, 5) is 0. The van der Waals surface area contributed by atoms with Crippen LogP contribution in [0.2, 0.25) is 0 Å². The largest absolute Gasteiger partial charge is 0.494 e. The smallest absolute Gasteiger partial charge is 0.119 e. The Morgan fingerprint density at radius 2 is 0.804 bits per heavy atom. The number of nitrogens with zero attached hydrogens (tertiary/aromatic N) is 2. The summed E-state index contributed by atoms with van der Waals surface area (Å²) in [7, 11) is 0. The van der Waals surface area contributed by atoms with E-state index in [0.29, 0.717) is 0 Å². The third-order valence-electron chi connectivity index (χ3n) is 7.89. The molecule has 0 radical (unpaired) electrons. The summed E-state index contributed by atoms with van der Waals surface area (Å²) < 4.78 is 11.8. The fraction of sp³-hybridized carbons (Fsp3) is 0.400. The highest BCUT2D eigenvalue weighted by molar-refractivity contribution is 5.53. The Morgan fingerprint density at radius 3 is 1.17 bits per heavy atom. The van der Waals surface area contributed by atoms with Gasteiger partial charge in [0.25, 0.3) is 0 Å². The van der Waals surface area contributed by atoms with E-state index in [9.17, 15) is 0 Å². The third kappa shape index (κ3) is 13.4. The van der Waals surface area contributed by atoms with Crippen molar-refractivity contribution in [3.05, 3.63) is 108 Å². The van der Waals surface area contributed by atoms with Crippen molar-refractivity contribution in [2.45, 2.75) is 91.1 Å². The van der Waals surface area contributed by atoms with Gasteiger partial charge in [-0.05, 0) is 96.8 Å². The fourth-order valence-electron chi connectivity index (χ4n) is 5.01. The Hall–Kier alpha value is -4.32. The van der Waals surface area contributed by atoms with E-state index in [4.69, 9.17) is 9.47 Å². The van der Waals surface area contributed by atoms with E-state index in [0.717, 1.165) is 73.4 Å². The van der Waals surface area contributed by atoms with Gasteiger partial charge in [0, 0.05) is 24.5 Å². The topological polar surface area (TPSA) is 67.2 Å². The predicted molar refractivity (Wildman–Crippen MR) is 193 cm³/mol. The van der Waals surface area contributed by atoms with Gasteiger partial charge in [0.15, 0.2) is 0 Å². The summed E-state index contributed by atoms with van der Waals surface area (Å²) in [5.74, 6) is 1.88. The molecular formula is C40H52N4O2. The van der Waals surface area contributed by atoms with Crippen molar-refractivity contribution in [3.8, 4) is 11.5 Å². The second-order valence-corrected chi connectivity index (χ2v) is 11.8. The van der Waals surface area contributed by atoms with Gasteiger partial charge in [0.2, 0.25) is 0 Å². The zero-order chi connectivity index (χ0) is 32.1. The second-order valence-electron chi connectivity index (χ2n) is 11.8. The molecule has 0 fully saturated rings. The quantitative estimate of drug-likeness (QED) is 0.0677. The van der Waals surface area contributed by atoms with E-state index in [1.807, 2.05) is 48.5 Å². The normalized spacial score (nSPS) is 11.1. The molecule has 4 rings (SSSR count). The molecule has 0 aromatic heterocycles. The highest BCUT2D eigenvalue weighted by Gasteiger charge is 2.01. The molecule has 0 aliphatic rings. The number of hydrogen-bond acceptors (Lipinski definition) is 6. The van der Waals surface area contributed by atoms with Crippen LogP contribution in [0.15, 0.2) is 107 Å². The average Bonchev–Trinajstić information content (AvgIpc) is 3.10. The van der Waals surface area contributed by atoms with Crippen LogP contribution in [0, 0.1) is 0 Å². The molecule has 0 amide bonds. The van der Waals surface area contributed by atoms with E-state index in [1.54, 1.807) is 0 Å². The number of anilines is 2. The van der Waals surface area contributed by atoms with Gasteiger partial charge in [-0.15, -0.1) is 0 Å². The molecule has 0 heterocycles. The number of nitrogens with one attached hydrogen (secondary N) is 2. The van der Waals surface area contributed by atoms with E-state index in [-0.39, 0.29) is 0 Å². The standard InChI is InChI=1S/C40H52N4O2/c1-3-5-7-9-11-29-45-39-25-13-33(14-26-39)31-41-35-17-21-37(22-18-35)43-44-38-23-19-36(20-24-38)42-32-34-15-27-40(28-16-34)46-30-12-10-8-6-4-2/h13-28,41-42H,3-12,29-32H2,1-2H3. The number of ether oxygens (including phenoxy) is 2. The minimum atomic E-state index is 0.748. The van der Waals surface area contributed by atoms with Crippen molar-refractivity contribution >= 4 is 22.7 Å². The Kier molecular flexibility index (Phi) is 15.5. The highest BCUT2D eigenvalue weighted by Crippen LogP contribution is 2.23. The minimum absolute atomic E-state index is 0.748. The van der Waals surface area contributed by atoms with Crippen molar-refractivity contribution in [1.82, 2.24) is 0 Å². The minimum Gasteiger partial charge on any atom is -0.494 e.